The van der Waals surface area contributed by atoms with Crippen LogP contribution in [0.4, 0.5) is 0 Å². The first-order valence-electron chi connectivity index (χ1n) is 8.11. The normalized spacial score (nSPS) is 17.7. The molecule has 1 aliphatic carbocycles. The summed E-state index contributed by atoms with van der Waals surface area (Å²) in [6, 6.07) is 0. The highest BCUT2D eigenvalue weighted by molar-refractivity contribution is 6.31. The van der Waals surface area contributed by atoms with Gasteiger partial charge in [-0.2, -0.15) is 5.10 Å². The predicted molar refractivity (Wildman–Crippen MR) is 92.2 cm³/mol. The van der Waals surface area contributed by atoms with Crippen LogP contribution < -0.4 is 5.32 Å². The Labute approximate surface area is 142 Å². The largest absolute Gasteiger partial charge is 0.394 e. The molecule has 0 radical (unpaired) electrons. The SMILES string of the molecule is Cc1nn(CC(C)C)c(Cl)c1/C=C/C(=O)NC(C)(CO)C1CC1. The van der Waals surface area contributed by atoms with Gasteiger partial charge in [-0.05, 0) is 44.6 Å². The zero-order valence-corrected chi connectivity index (χ0v) is 15.0. The van der Waals surface area contributed by atoms with E-state index in [-0.39, 0.29) is 12.5 Å². The van der Waals surface area contributed by atoms with Crippen LogP contribution in [0, 0.1) is 18.8 Å². The lowest BCUT2D eigenvalue weighted by Gasteiger charge is -2.28. The summed E-state index contributed by atoms with van der Waals surface area (Å²) < 4.78 is 1.77. The van der Waals surface area contributed by atoms with Crippen LogP contribution in [0.15, 0.2) is 6.08 Å². The first-order valence-corrected chi connectivity index (χ1v) is 8.48. The van der Waals surface area contributed by atoms with Gasteiger partial charge in [-0.25, -0.2) is 0 Å². The third-order valence-corrected chi connectivity index (χ3v) is 4.66. The van der Waals surface area contributed by atoms with Gasteiger partial charge < -0.3 is 10.4 Å². The molecule has 1 aliphatic rings. The second-order valence-electron chi connectivity index (χ2n) is 7.04. The highest BCUT2D eigenvalue weighted by atomic mass is 35.5. The van der Waals surface area contributed by atoms with E-state index in [1.165, 1.54) is 6.08 Å². The number of aromatic nitrogens is 2. The molecule has 1 unspecified atom stereocenters. The number of hydrogen-bond acceptors (Lipinski definition) is 3. The van der Waals surface area contributed by atoms with Crippen molar-refractivity contribution in [3.8, 4) is 0 Å². The molecule has 1 aromatic heterocycles. The van der Waals surface area contributed by atoms with Gasteiger partial charge in [-0.3, -0.25) is 9.48 Å². The van der Waals surface area contributed by atoms with Gasteiger partial charge in [0.15, 0.2) is 0 Å². The van der Waals surface area contributed by atoms with Crippen LogP contribution >= 0.6 is 11.6 Å². The van der Waals surface area contributed by atoms with Crippen molar-refractivity contribution >= 4 is 23.6 Å². The molecule has 2 N–H and O–H groups in total. The van der Waals surface area contributed by atoms with Crippen molar-refractivity contribution in [2.45, 2.75) is 52.6 Å². The minimum absolute atomic E-state index is 0.0522. The molecule has 1 aromatic rings. The average molecular weight is 340 g/mol. The minimum Gasteiger partial charge on any atom is -0.394 e. The second kappa shape index (κ2) is 7.05. The Morgan fingerprint density at radius 1 is 1.57 bits per heavy atom. The summed E-state index contributed by atoms with van der Waals surface area (Å²) >= 11 is 6.36. The molecule has 128 valence electrons. The third kappa shape index (κ3) is 4.36. The number of nitrogens with one attached hydrogen (secondary N) is 1. The molecule has 23 heavy (non-hydrogen) atoms. The Morgan fingerprint density at radius 3 is 2.74 bits per heavy atom. The first-order chi connectivity index (χ1) is 10.8. The lowest BCUT2D eigenvalue weighted by molar-refractivity contribution is -0.119. The van der Waals surface area contributed by atoms with Crippen molar-refractivity contribution in [1.29, 1.82) is 0 Å². The number of halogens is 1. The lowest BCUT2D eigenvalue weighted by atomic mass is 9.97. The molecule has 1 saturated carbocycles. The number of aryl methyl sites for hydroxylation is 1. The van der Waals surface area contributed by atoms with Gasteiger partial charge in [0.1, 0.15) is 5.15 Å². The van der Waals surface area contributed by atoms with Crippen LogP contribution in [0.5, 0.6) is 0 Å². The summed E-state index contributed by atoms with van der Waals surface area (Å²) in [6.45, 7) is 8.65. The first kappa shape index (κ1) is 18.0. The predicted octanol–water partition coefficient (Wildman–Crippen LogP) is 2.79. The van der Waals surface area contributed by atoms with Crippen molar-refractivity contribution in [2.24, 2.45) is 11.8 Å². The van der Waals surface area contributed by atoms with E-state index in [2.05, 4.69) is 24.3 Å². The number of carbonyl (C=O) groups is 1. The molecule has 1 atom stereocenters. The van der Waals surface area contributed by atoms with Crippen LogP contribution in [0.2, 0.25) is 5.15 Å². The van der Waals surface area contributed by atoms with E-state index in [0.29, 0.717) is 17.0 Å². The molecule has 0 spiro atoms. The molecule has 0 aliphatic heterocycles. The molecule has 0 aromatic carbocycles. The second-order valence-corrected chi connectivity index (χ2v) is 7.40. The Hall–Kier alpha value is -1.33. The van der Waals surface area contributed by atoms with Crippen LogP contribution in [-0.2, 0) is 11.3 Å². The number of rotatable bonds is 7. The maximum atomic E-state index is 12.2. The molecule has 1 amide bonds. The topological polar surface area (TPSA) is 67.2 Å². The van der Waals surface area contributed by atoms with Crippen molar-refractivity contribution in [1.82, 2.24) is 15.1 Å². The third-order valence-electron chi connectivity index (χ3n) is 4.26. The van der Waals surface area contributed by atoms with Crippen LogP contribution in [0.1, 0.15) is 44.9 Å². The van der Waals surface area contributed by atoms with Gasteiger partial charge in [0.2, 0.25) is 5.91 Å². The summed E-state index contributed by atoms with van der Waals surface area (Å²) in [4.78, 5) is 12.2. The quantitative estimate of drug-likeness (QED) is 0.751. The van der Waals surface area contributed by atoms with Crippen LogP contribution in [-0.4, -0.2) is 32.9 Å². The van der Waals surface area contributed by atoms with E-state index >= 15 is 0 Å². The fraction of sp³-hybridized carbons (Fsp3) is 0.647. The number of hydrogen-bond donors (Lipinski definition) is 2. The van der Waals surface area contributed by atoms with Gasteiger partial charge in [-0.1, -0.05) is 25.4 Å². The lowest BCUT2D eigenvalue weighted by Crippen LogP contribution is -2.50. The fourth-order valence-corrected chi connectivity index (χ4v) is 3.00. The summed E-state index contributed by atoms with van der Waals surface area (Å²) in [6.07, 6.45) is 5.26. The molecule has 2 rings (SSSR count). The molecule has 0 bridgehead atoms. The molecule has 0 saturated heterocycles. The van der Waals surface area contributed by atoms with Crippen molar-refractivity contribution in [3.63, 3.8) is 0 Å². The maximum absolute atomic E-state index is 12.2. The molecular weight excluding hydrogens is 314 g/mol. The molecule has 1 heterocycles. The van der Waals surface area contributed by atoms with Gasteiger partial charge >= 0.3 is 0 Å². The van der Waals surface area contributed by atoms with Gasteiger partial charge in [0, 0.05) is 18.2 Å². The smallest absolute Gasteiger partial charge is 0.244 e. The number of carbonyl (C=O) groups excluding carboxylic acids is 1. The highest BCUT2D eigenvalue weighted by Gasteiger charge is 2.41. The Kier molecular flexibility index (Phi) is 5.53. The average Bonchev–Trinajstić information content (AvgIpc) is 3.27. The molecule has 1 fully saturated rings. The summed E-state index contributed by atoms with van der Waals surface area (Å²) in [5.74, 6) is 0.584. The van der Waals surface area contributed by atoms with E-state index in [1.54, 1.807) is 10.8 Å². The highest BCUT2D eigenvalue weighted by Crippen LogP contribution is 2.39. The molecular formula is C17H26ClN3O2. The van der Waals surface area contributed by atoms with Gasteiger partial charge in [0.25, 0.3) is 0 Å². The van der Waals surface area contributed by atoms with E-state index in [9.17, 15) is 9.90 Å². The zero-order chi connectivity index (χ0) is 17.2. The van der Waals surface area contributed by atoms with E-state index < -0.39 is 5.54 Å². The van der Waals surface area contributed by atoms with E-state index in [0.717, 1.165) is 30.6 Å². The zero-order valence-electron chi connectivity index (χ0n) is 14.3. The molecule has 6 heteroatoms. The van der Waals surface area contributed by atoms with Crippen molar-refractivity contribution in [3.05, 3.63) is 22.5 Å². The fourth-order valence-electron chi connectivity index (χ4n) is 2.70. The number of nitrogens with zero attached hydrogens (tertiary/aromatic N) is 2. The molecule has 5 nitrogen and oxygen atoms in total. The summed E-state index contributed by atoms with van der Waals surface area (Å²) in [5.41, 5.74) is 1.02. The van der Waals surface area contributed by atoms with Gasteiger partial charge in [-0.15, -0.1) is 0 Å². The van der Waals surface area contributed by atoms with Crippen LogP contribution in [0.25, 0.3) is 6.08 Å². The maximum Gasteiger partial charge on any atom is 0.244 e. The Balaban J connectivity index is 2.07. The number of aliphatic hydroxyl groups is 1. The number of amides is 1. The van der Waals surface area contributed by atoms with E-state index in [1.807, 2.05) is 13.8 Å². The van der Waals surface area contributed by atoms with Crippen molar-refractivity contribution < 1.29 is 9.90 Å². The standard InChI is InChI=1S/C17H26ClN3O2/c1-11(2)9-21-16(18)14(12(3)20-21)7-8-15(23)19-17(4,10-22)13-5-6-13/h7-8,11,13,22H,5-6,9-10H2,1-4H3,(H,19,23)/b8-7+. The van der Waals surface area contributed by atoms with Crippen LogP contribution in [0.3, 0.4) is 0 Å². The van der Waals surface area contributed by atoms with Gasteiger partial charge in [0.05, 0.1) is 17.8 Å². The monoisotopic (exact) mass is 339 g/mol. The summed E-state index contributed by atoms with van der Waals surface area (Å²) in [5, 5.41) is 17.4. The van der Waals surface area contributed by atoms with Crippen molar-refractivity contribution in [2.75, 3.05) is 6.61 Å². The number of aliphatic hydroxyl groups excluding tert-OH is 1. The minimum atomic E-state index is -0.540. The Morgan fingerprint density at radius 2 is 2.22 bits per heavy atom. The summed E-state index contributed by atoms with van der Waals surface area (Å²) in [7, 11) is 0. The van der Waals surface area contributed by atoms with E-state index in [4.69, 9.17) is 11.6 Å². The Bertz CT molecular complexity index is 605.